The molecule has 0 heterocycles. The quantitative estimate of drug-likeness (QED) is 0.650. The van der Waals surface area contributed by atoms with Crippen LogP contribution >= 0.6 is 12.2 Å². The smallest absolute Gasteiger partial charge is 0.0733 e. The van der Waals surface area contributed by atoms with Gasteiger partial charge in [-0.05, 0) is 38.3 Å². The standard InChI is InChI=1S/C14H29N3S/c1-12(2)10-17(8-7-16(3)4)11-14(5-6-14)9-13(15)18/h12H,5-11H2,1-4H3,(H2,15,18). The number of nitrogens with two attached hydrogens (primary N) is 1. The summed E-state index contributed by atoms with van der Waals surface area (Å²) in [4.78, 5) is 5.53. The second-order valence-electron chi connectivity index (χ2n) is 6.58. The second-order valence-corrected chi connectivity index (χ2v) is 7.10. The molecule has 0 bridgehead atoms. The molecule has 1 aliphatic rings. The maximum atomic E-state index is 5.72. The van der Waals surface area contributed by atoms with E-state index in [1.54, 1.807) is 0 Å². The molecular formula is C14H29N3S. The summed E-state index contributed by atoms with van der Waals surface area (Å²) >= 11 is 5.08. The van der Waals surface area contributed by atoms with Gasteiger partial charge >= 0.3 is 0 Å². The lowest BCUT2D eigenvalue weighted by atomic mass is 10.0. The van der Waals surface area contributed by atoms with Crippen molar-refractivity contribution >= 4 is 17.2 Å². The maximum Gasteiger partial charge on any atom is 0.0733 e. The van der Waals surface area contributed by atoms with Crippen molar-refractivity contribution in [3.63, 3.8) is 0 Å². The Labute approximate surface area is 118 Å². The van der Waals surface area contributed by atoms with Crippen molar-refractivity contribution in [2.45, 2.75) is 33.1 Å². The highest BCUT2D eigenvalue weighted by molar-refractivity contribution is 7.80. The molecule has 106 valence electrons. The molecule has 0 saturated heterocycles. The van der Waals surface area contributed by atoms with E-state index in [0.29, 0.717) is 16.3 Å². The molecule has 0 atom stereocenters. The van der Waals surface area contributed by atoms with Crippen molar-refractivity contribution < 1.29 is 0 Å². The fourth-order valence-corrected chi connectivity index (χ4v) is 2.81. The molecule has 0 spiro atoms. The van der Waals surface area contributed by atoms with Gasteiger partial charge in [-0.15, -0.1) is 0 Å². The number of hydrogen-bond donors (Lipinski definition) is 1. The van der Waals surface area contributed by atoms with E-state index in [0.717, 1.165) is 26.1 Å². The molecule has 1 fully saturated rings. The zero-order valence-electron chi connectivity index (χ0n) is 12.4. The zero-order chi connectivity index (χ0) is 13.8. The van der Waals surface area contributed by atoms with Gasteiger partial charge in [0.15, 0.2) is 0 Å². The minimum Gasteiger partial charge on any atom is -0.393 e. The van der Waals surface area contributed by atoms with Crippen LogP contribution in [0.15, 0.2) is 0 Å². The Hall–Kier alpha value is -0.190. The van der Waals surface area contributed by atoms with Crippen LogP contribution in [0.2, 0.25) is 0 Å². The summed E-state index contributed by atoms with van der Waals surface area (Å²) in [6.45, 7) is 9.18. The van der Waals surface area contributed by atoms with Gasteiger partial charge in [-0.2, -0.15) is 0 Å². The Morgan fingerprint density at radius 1 is 1.28 bits per heavy atom. The highest BCUT2D eigenvalue weighted by Crippen LogP contribution is 2.49. The number of hydrogen-bond acceptors (Lipinski definition) is 3. The van der Waals surface area contributed by atoms with Gasteiger partial charge in [0.05, 0.1) is 4.99 Å². The van der Waals surface area contributed by atoms with Crippen LogP contribution in [0.1, 0.15) is 33.1 Å². The molecule has 2 N–H and O–H groups in total. The highest BCUT2D eigenvalue weighted by atomic mass is 32.1. The predicted octanol–water partition coefficient (Wildman–Crippen LogP) is 1.96. The van der Waals surface area contributed by atoms with Crippen LogP contribution in [0.5, 0.6) is 0 Å². The largest absolute Gasteiger partial charge is 0.393 e. The van der Waals surface area contributed by atoms with Crippen molar-refractivity contribution in [2.75, 3.05) is 40.3 Å². The van der Waals surface area contributed by atoms with Crippen LogP contribution < -0.4 is 5.73 Å². The summed E-state index contributed by atoms with van der Waals surface area (Å²) in [5.41, 5.74) is 6.13. The molecule has 0 unspecified atom stereocenters. The molecule has 1 rings (SSSR count). The molecule has 4 heteroatoms. The van der Waals surface area contributed by atoms with Crippen LogP contribution in [0, 0.1) is 11.3 Å². The van der Waals surface area contributed by atoms with E-state index in [1.165, 1.54) is 19.4 Å². The fraction of sp³-hybridized carbons (Fsp3) is 0.929. The Balaban J connectivity index is 2.47. The van der Waals surface area contributed by atoms with Gasteiger partial charge in [0.2, 0.25) is 0 Å². The van der Waals surface area contributed by atoms with Crippen LogP contribution in [0.3, 0.4) is 0 Å². The topological polar surface area (TPSA) is 32.5 Å². The molecule has 0 aromatic rings. The third-order valence-electron chi connectivity index (χ3n) is 3.55. The zero-order valence-corrected chi connectivity index (χ0v) is 13.2. The molecule has 0 amide bonds. The lowest BCUT2D eigenvalue weighted by Crippen LogP contribution is -2.39. The van der Waals surface area contributed by atoms with Crippen LogP contribution in [0.25, 0.3) is 0 Å². The van der Waals surface area contributed by atoms with Crippen LogP contribution in [-0.2, 0) is 0 Å². The molecule has 0 aromatic carbocycles. The van der Waals surface area contributed by atoms with Crippen molar-refractivity contribution in [1.82, 2.24) is 9.80 Å². The number of rotatable bonds is 9. The molecular weight excluding hydrogens is 242 g/mol. The van der Waals surface area contributed by atoms with Crippen molar-refractivity contribution in [3.05, 3.63) is 0 Å². The molecule has 18 heavy (non-hydrogen) atoms. The molecule has 0 aromatic heterocycles. The normalized spacial score (nSPS) is 17.7. The Morgan fingerprint density at radius 2 is 1.89 bits per heavy atom. The minimum atomic E-state index is 0.410. The van der Waals surface area contributed by atoms with Crippen molar-refractivity contribution in [3.8, 4) is 0 Å². The van der Waals surface area contributed by atoms with Gasteiger partial charge in [0.1, 0.15) is 0 Å². The summed E-state index contributed by atoms with van der Waals surface area (Å²) in [6, 6.07) is 0. The van der Waals surface area contributed by atoms with Gasteiger partial charge in [0, 0.05) is 32.6 Å². The van der Waals surface area contributed by atoms with Crippen molar-refractivity contribution in [1.29, 1.82) is 0 Å². The van der Waals surface area contributed by atoms with E-state index < -0.39 is 0 Å². The summed E-state index contributed by atoms with van der Waals surface area (Å²) < 4.78 is 0. The first-order valence-corrected chi connectivity index (χ1v) is 7.39. The summed E-state index contributed by atoms with van der Waals surface area (Å²) in [5.74, 6) is 0.716. The Bertz CT molecular complexity index is 272. The first kappa shape index (κ1) is 15.9. The molecule has 0 radical (unpaired) electrons. The molecule has 1 saturated carbocycles. The van der Waals surface area contributed by atoms with Gasteiger partial charge in [-0.3, -0.25) is 0 Å². The SMILES string of the molecule is CC(C)CN(CCN(C)C)CC1(CC(N)=S)CC1. The summed E-state index contributed by atoms with van der Waals surface area (Å²) in [6.07, 6.45) is 3.51. The van der Waals surface area contributed by atoms with Crippen LogP contribution in [0.4, 0.5) is 0 Å². The van der Waals surface area contributed by atoms with E-state index in [4.69, 9.17) is 18.0 Å². The van der Waals surface area contributed by atoms with E-state index in [2.05, 4.69) is 37.7 Å². The number of nitrogens with zero attached hydrogens (tertiary/aromatic N) is 2. The highest BCUT2D eigenvalue weighted by Gasteiger charge is 2.43. The fourth-order valence-electron chi connectivity index (χ4n) is 2.50. The first-order valence-electron chi connectivity index (χ1n) is 6.98. The van der Waals surface area contributed by atoms with Gasteiger partial charge in [-0.1, -0.05) is 26.1 Å². The maximum absolute atomic E-state index is 5.72. The van der Waals surface area contributed by atoms with Gasteiger partial charge < -0.3 is 15.5 Å². The third-order valence-corrected chi connectivity index (χ3v) is 3.70. The van der Waals surface area contributed by atoms with Gasteiger partial charge in [0.25, 0.3) is 0 Å². The molecule has 1 aliphatic carbocycles. The van der Waals surface area contributed by atoms with Crippen molar-refractivity contribution in [2.24, 2.45) is 17.1 Å². The number of thiocarbonyl (C=S) groups is 1. The second kappa shape index (κ2) is 6.83. The first-order chi connectivity index (χ1) is 8.33. The Kier molecular flexibility index (Phi) is 6.02. The van der Waals surface area contributed by atoms with E-state index >= 15 is 0 Å². The third kappa shape index (κ3) is 6.12. The predicted molar refractivity (Wildman–Crippen MR) is 82.9 cm³/mol. The molecule has 0 aliphatic heterocycles. The summed E-state index contributed by atoms with van der Waals surface area (Å²) in [7, 11) is 4.27. The number of likely N-dealkylation sites (N-methyl/N-ethyl adjacent to an activating group) is 1. The van der Waals surface area contributed by atoms with Gasteiger partial charge in [-0.25, -0.2) is 0 Å². The van der Waals surface area contributed by atoms with E-state index in [9.17, 15) is 0 Å². The monoisotopic (exact) mass is 271 g/mol. The Morgan fingerprint density at radius 3 is 2.28 bits per heavy atom. The van der Waals surface area contributed by atoms with E-state index in [1.807, 2.05) is 0 Å². The molecule has 3 nitrogen and oxygen atoms in total. The summed E-state index contributed by atoms with van der Waals surface area (Å²) in [5, 5.41) is 0. The average molecular weight is 271 g/mol. The average Bonchev–Trinajstić information content (AvgIpc) is 2.92. The minimum absolute atomic E-state index is 0.410. The van der Waals surface area contributed by atoms with Crippen LogP contribution in [-0.4, -0.2) is 55.1 Å². The lowest BCUT2D eigenvalue weighted by molar-refractivity contribution is 0.183. The lowest BCUT2D eigenvalue weighted by Gasteiger charge is -2.29. The van der Waals surface area contributed by atoms with E-state index in [-0.39, 0.29) is 0 Å².